The van der Waals surface area contributed by atoms with E-state index in [4.69, 9.17) is 0 Å². The molecular formula is C20H18F3N3O3. The lowest BCUT2D eigenvalue weighted by Gasteiger charge is -2.30. The normalized spacial score (nSPS) is 19.2. The highest BCUT2D eigenvalue weighted by atomic mass is 19.4. The van der Waals surface area contributed by atoms with Crippen LogP contribution >= 0.6 is 0 Å². The first-order valence-corrected chi connectivity index (χ1v) is 8.82. The molecule has 0 radical (unpaired) electrons. The molecule has 1 heterocycles. The third-order valence-corrected chi connectivity index (χ3v) is 4.53. The van der Waals surface area contributed by atoms with Crippen molar-refractivity contribution in [2.45, 2.75) is 24.7 Å². The number of rotatable bonds is 6. The Morgan fingerprint density at radius 2 is 1.52 bits per heavy atom. The van der Waals surface area contributed by atoms with Gasteiger partial charge in [-0.2, -0.15) is 13.2 Å². The van der Waals surface area contributed by atoms with Gasteiger partial charge in [0.05, 0.1) is 6.42 Å². The molecule has 0 unspecified atom stereocenters. The second-order valence-electron chi connectivity index (χ2n) is 6.58. The van der Waals surface area contributed by atoms with Gasteiger partial charge in [0.1, 0.15) is 0 Å². The Morgan fingerprint density at radius 1 is 0.966 bits per heavy atom. The highest BCUT2D eigenvalue weighted by Gasteiger charge is 2.68. The maximum Gasteiger partial charge on any atom is 0.440 e. The van der Waals surface area contributed by atoms with E-state index in [1.807, 2.05) is 0 Å². The molecule has 3 rings (SSSR count). The van der Waals surface area contributed by atoms with Crippen molar-refractivity contribution in [2.24, 2.45) is 0 Å². The fourth-order valence-corrected chi connectivity index (χ4v) is 3.05. The number of hydrogen-bond acceptors (Lipinski definition) is 3. The van der Waals surface area contributed by atoms with Gasteiger partial charge in [-0.1, -0.05) is 60.7 Å². The number of imide groups is 1. The van der Waals surface area contributed by atoms with E-state index in [0.717, 1.165) is 5.56 Å². The molecule has 1 aliphatic heterocycles. The number of nitrogens with one attached hydrogen (secondary N) is 2. The molecular weight excluding hydrogens is 387 g/mol. The van der Waals surface area contributed by atoms with E-state index >= 15 is 0 Å². The highest BCUT2D eigenvalue weighted by molar-refractivity contribution is 6.09. The van der Waals surface area contributed by atoms with Crippen LogP contribution in [0.15, 0.2) is 60.7 Å². The maximum atomic E-state index is 13.8. The molecule has 6 nitrogen and oxygen atoms in total. The van der Waals surface area contributed by atoms with Gasteiger partial charge >= 0.3 is 12.2 Å². The first kappa shape index (κ1) is 20.4. The second-order valence-corrected chi connectivity index (χ2v) is 6.58. The Balaban J connectivity index is 1.77. The molecule has 9 heteroatoms. The van der Waals surface area contributed by atoms with E-state index in [2.05, 4.69) is 0 Å². The molecule has 152 valence electrons. The zero-order valence-electron chi connectivity index (χ0n) is 15.2. The molecule has 29 heavy (non-hydrogen) atoms. The Bertz CT molecular complexity index is 903. The van der Waals surface area contributed by atoms with Crippen molar-refractivity contribution in [3.63, 3.8) is 0 Å². The molecule has 1 atom stereocenters. The molecule has 1 aliphatic rings. The van der Waals surface area contributed by atoms with Crippen LogP contribution in [0.4, 0.5) is 18.0 Å². The minimum atomic E-state index is -5.21. The number of urea groups is 1. The lowest BCUT2D eigenvalue weighted by molar-refractivity contribution is -0.204. The van der Waals surface area contributed by atoms with E-state index in [0.29, 0.717) is 10.5 Å². The average molecular weight is 405 g/mol. The summed E-state index contributed by atoms with van der Waals surface area (Å²) >= 11 is 0. The van der Waals surface area contributed by atoms with Crippen LogP contribution in [0.3, 0.4) is 0 Å². The van der Waals surface area contributed by atoms with Crippen molar-refractivity contribution in [2.75, 3.05) is 6.54 Å². The number of alkyl halides is 3. The highest BCUT2D eigenvalue weighted by Crippen LogP contribution is 2.34. The fourth-order valence-electron chi connectivity index (χ4n) is 3.05. The fraction of sp³-hybridized carbons (Fsp3) is 0.250. The molecule has 0 saturated carbocycles. The zero-order chi connectivity index (χ0) is 21.1. The molecule has 2 aromatic rings. The van der Waals surface area contributed by atoms with Crippen molar-refractivity contribution in [3.05, 3.63) is 71.8 Å². The van der Waals surface area contributed by atoms with Gasteiger partial charge in [-0.05, 0) is 17.5 Å². The monoisotopic (exact) mass is 405 g/mol. The van der Waals surface area contributed by atoms with E-state index in [1.54, 1.807) is 71.3 Å². The van der Waals surface area contributed by atoms with E-state index < -0.39 is 29.7 Å². The van der Waals surface area contributed by atoms with Crippen LogP contribution < -0.4 is 10.6 Å². The number of hydrogen-bond donors (Lipinski definition) is 2. The largest absolute Gasteiger partial charge is 0.440 e. The molecule has 0 spiro atoms. The van der Waals surface area contributed by atoms with Crippen LogP contribution in [0.25, 0.3) is 0 Å². The number of benzene rings is 2. The maximum absolute atomic E-state index is 13.8. The SMILES string of the molecule is O=C(Cc1ccccc1)N[C@]1(C(F)(F)F)NC(=O)N(CCc2ccccc2)C1=O. The van der Waals surface area contributed by atoms with Gasteiger partial charge in [0, 0.05) is 6.54 Å². The number of halogens is 3. The molecule has 1 saturated heterocycles. The first-order valence-electron chi connectivity index (χ1n) is 8.82. The smallest absolute Gasteiger partial charge is 0.318 e. The topological polar surface area (TPSA) is 78.5 Å². The molecule has 0 aromatic heterocycles. The molecule has 0 bridgehead atoms. The quantitative estimate of drug-likeness (QED) is 0.725. The number of nitrogens with zero attached hydrogens (tertiary/aromatic N) is 1. The summed E-state index contributed by atoms with van der Waals surface area (Å²) in [5.41, 5.74) is -2.25. The lowest BCUT2D eigenvalue weighted by atomic mass is 10.1. The van der Waals surface area contributed by atoms with Crippen molar-refractivity contribution >= 4 is 17.8 Å². The van der Waals surface area contributed by atoms with E-state index in [9.17, 15) is 27.6 Å². The summed E-state index contributed by atoms with van der Waals surface area (Å²) in [4.78, 5) is 37.5. The number of carbonyl (C=O) groups is 3. The third-order valence-electron chi connectivity index (χ3n) is 4.53. The average Bonchev–Trinajstić information content (AvgIpc) is 2.92. The molecule has 2 aromatic carbocycles. The van der Waals surface area contributed by atoms with Crippen LogP contribution in [0.5, 0.6) is 0 Å². The van der Waals surface area contributed by atoms with Crippen LogP contribution in [-0.4, -0.2) is 41.1 Å². The van der Waals surface area contributed by atoms with Crippen LogP contribution in [0, 0.1) is 0 Å². The second kappa shape index (κ2) is 7.94. The molecule has 0 aliphatic carbocycles. The van der Waals surface area contributed by atoms with Gasteiger partial charge in [-0.25, -0.2) is 4.79 Å². The first-order chi connectivity index (χ1) is 13.7. The summed E-state index contributed by atoms with van der Waals surface area (Å²) in [6.45, 7) is -0.249. The predicted molar refractivity (Wildman–Crippen MR) is 97.5 cm³/mol. The Morgan fingerprint density at radius 3 is 2.07 bits per heavy atom. The van der Waals surface area contributed by atoms with E-state index in [1.165, 1.54) is 0 Å². The summed E-state index contributed by atoms with van der Waals surface area (Å²) in [5, 5.41) is 3.34. The van der Waals surface area contributed by atoms with Gasteiger partial charge < -0.3 is 5.32 Å². The van der Waals surface area contributed by atoms with Crippen molar-refractivity contribution < 1.29 is 27.6 Å². The van der Waals surface area contributed by atoms with E-state index in [-0.39, 0.29) is 19.4 Å². The molecule has 1 fully saturated rings. The van der Waals surface area contributed by atoms with Gasteiger partial charge in [-0.3, -0.25) is 19.8 Å². The molecule has 2 N–H and O–H groups in total. The zero-order valence-corrected chi connectivity index (χ0v) is 15.2. The van der Waals surface area contributed by atoms with Crippen molar-refractivity contribution in [1.29, 1.82) is 0 Å². The summed E-state index contributed by atoms with van der Waals surface area (Å²) in [7, 11) is 0. The predicted octanol–water partition coefficient (Wildman–Crippen LogP) is 2.40. The van der Waals surface area contributed by atoms with Crippen LogP contribution in [-0.2, 0) is 22.4 Å². The third kappa shape index (κ3) is 4.23. The minimum Gasteiger partial charge on any atom is -0.318 e. The Hall–Kier alpha value is -3.36. The van der Waals surface area contributed by atoms with Crippen molar-refractivity contribution in [1.82, 2.24) is 15.5 Å². The van der Waals surface area contributed by atoms with Gasteiger partial charge in [0.25, 0.3) is 11.6 Å². The van der Waals surface area contributed by atoms with Crippen LogP contribution in [0.2, 0.25) is 0 Å². The lowest BCUT2D eigenvalue weighted by Crippen LogP contribution is -2.69. The summed E-state index contributed by atoms with van der Waals surface area (Å²) in [6.07, 6.45) is -5.40. The number of amides is 4. The Kier molecular flexibility index (Phi) is 5.58. The standard InChI is InChI=1S/C20H18F3N3O3/c21-20(22,23)19(24-16(27)13-15-9-5-2-6-10-15)17(28)26(18(29)25-19)12-11-14-7-3-1-4-8-14/h1-10H,11-13H2,(H,24,27)(H,25,29)/t19-/m0/s1. The number of carbonyl (C=O) groups excluding carboxylic acids is 3. The Labute approximate surface area is 164 Å². The van der Waals surface area contributed by atoms with Gasteiger partial charge in [0.2, 0.25) is 5.91 Å². The summed E-state index contributed by atoms with van der Waals surface area (Å²) in [6, 6.07) is 15.6. The van der Waals surface area contributed by atoms with Crippen molar-refractivity contribution in [3.8, 4) is 0 Å². The van der Waals surface area contributed by atoms with Crippen LogP contribution in [0.1, 0.15) is 11.1 Å². The summed E-state index contributed by atoms with van der Waals surface area (Å²) < 4.78 is 41.4. The molecule has 4 amide bonds. The van der Waals surface area contributed by atoms with Gasteiger partial charge in [0.15, 0.2) is 0 Å². The summed E-state index contributed by atoms with van der Waals surface area (Å²) in [5.74, 6) is -2.58. The minimum absolute atomic E-state index is 0.186. The van der Waals surface area contributed by atoms with Gasteiger partial charge in [-0.15, -0.1) is 0 Å².